The molecule has 0 amide bonds. The molecule has 1 fully saturated rings. The van der Waals surface area contributed by atoms with E-state index in [9.17, 15) is 8.42 Å². The van der Waals surface area contributed by atoms with Crippen LogP contribution in [0.4, 0.5) is 0 Å². The van der Waals surface area contributed by atoms with Crippen LogP contribution in [0, 0.1) is 5.92 Å². The number of rotatable bonds is 4. The highest BCUT2D eigenvalue weighted by Gasteiger charge is 2.12. The van der Waals surface area contributed by atoms with Crippen molar-refractivity contribution in [3.05, 3.63) is 0 Å². The molecule has 0 N–H and O–H groups in total. The van der Waals surface area contributed by atoms with Gasteiger partial charge in [-0.05, 0) is 12.3 Å². The first kappa shape index (κ1) is 9.99. The van der Waals surface area contributed by atoms with Gasteiger partial charge in [0.05, 0.1) is 6.61 Å². The fraction of sp³-hybridized carbons (Fsp3) is 1.00. The molecule has 0 aromatic heterocycles. The Kier molecular flexibility index (Phi) is 4.61. The van der Waals surface area contributed by atoms with Gasteiger partial charge in [0, 0.05) is 0 Å². The third-order valence-electron chi connectivity index (χ3n) is 2.45. The molecule has 3 nitrogen and oxygen atoms in total. The first-order valence-corrected chi connectivity index (χ1v) is 5.66. The highest BCUT2D eigenvalue weighted by molar-refractivity contribution is 7.67. The van der Waals surface area contributed by atoms with Crippen LogP contribution in [0.25, 0.3) is 0 Å². The lowest BCUT2D eigenvalue weighted by Crippen LogP contribution is -2.09. The van der Waals surface area contributed by atoms with E-state index in [1.165, 1.54) is 32.1 Å². The molecule has 0 saturated heterocycles. The van der Waals surface area contributed by atoms with Crippen LogP contribution >= 0.6 is 0 Å². The topological polar surface area (TPSA) is 43.4 Å². The van der Waals surface area contributed by atoms with Crippen LogP contribution in [0.15, 0.2) is 0 Å². The van der Waals surface area contributed by atoms with Gasteiger partial charge in [0.15, 0.2) is 0 Å². The van der Waals surface area contributed by atoms with Crippen LogP contribution in [-0.4, -0.2) is 15.0 Å². The summed E-state index contributed by atoms with van der Waals surface area (Å²) in [6, 6.07) is 0. The van der Waals surface area contributed by atoms with Gasteiger partial charge in [0.25, 0.3) is 11.0 Å². The molecule has 0 aliphatic heterocycles. The lowest BCUT2D eigenvalue weighted by atomic mass is 9.87. The molecule has 72 valence electrons. The Hall–Kier alpha value is -0.0900. The Bertz CT molecular complexity index is 175. The van der Waals surface area contributed by atoms with Crippen molar-refractivity contribution in [2.24, 2.45) is 5.92 Å². The maximum atomic E-state index is 10.1. The summed E-state index contributed by atoms with van der Waals surface area (Å²) in [6.45, 7) is 0.378. The number of hydrogen-bond acceptors (Lipinski definition) is 3. The summed E-state index contributed by atoms with van der Waals surface area (Å²) in [5.41, 5.74) is 0. The number of thiol groups is 1. The second-order valence-electron chi connectivity index (χ2n) is 3.35. The first-order valence-electron chi connectivity index (χ1n) is 4.56. The molecular weight excluding hydrogens is 176 g/mol. The number of hydrogen-bond donors (Lipinski definition) is 1. The lowest BCUT2D eigenvalue weighted by Gasteiger charge is -2.20. The molecule has 0 radical (unpaired) electrons. The largest absolute Gasteiger partial charge is 0.272 e. The van der Waals surface area contributed by atoms with Crippen molar-refractivity contribution in [3.8, 4) is 0 Å². The van der Waals surface area contributed by atoms with Gasteiger partial charge in [-0.25, -0.2) is 8.42 Å². The Balaban J connectivity index is 2.05. The van der Waals surface area contributed by atoms with Gasteiger partial charge in [0.1, 0.15) is 0 Å². The van der Waals surface area contributed by atoms with Crippen LogP contribution in [0.5, 0.6) is 0 Å². The van der Waals surface area contributed by atoms with E-state index in [0.29, 0.717) is 12.5 Å². The highest BCUT2D eigenvalue weighted by Crippen LogP contribution is 2.25. The summed E-state index contributed by atoms with van der Waals surface area (Å²) in [5, 5.41) is 0. The van der Waals surface area contributed by atoms with Gasteiger partial charge in [-0.15, -0.1) is 0 Å². The second kappa shape index (κ2) is 5.54. The molecule has 1 rings (SSSR count). The van der Waals surface area contributed by atoms with E-state index in [2.05, 4.69) is 4.18 Å². The third kappa shape index (κ3) is 4.07. The van der Waals surface area contributed by atoms with E-state index in [1.807, 2.05) is 0 Å². The van der Waals surface area contributed by atoms with Crippen molar-refractivity contribution < 1.29 is 12.6 Å². The summed E-state index contributed by atoms with van der Waals surface area (Å²) in [4.78, 5) is 0. The molecule has 0 atom stereocenters. The molecule has 1 aliphatic rings. The van der Waals surface area contributed by atoms with Crippen molar-refractivity contribution in [2.45, 2.75) is 38.5 Å². The van der Waals surface area contributed by atoms with E-state index in [0.717, 1.165) is 6.42 Å². The van der Waals surface area contributed by atoms with Crippen LogP contribution in [0.1, 0.15) is 38.5 Å². The van der Waals surface area contributed by atoms with E-state index < -0.39 is 11.0 Å². The molecule has 0 aromatic rings. The molecular formula is C8H16O3S. The molecule has 4 heteroatoms. The summed E-state index contributed by atoms with van der Waals surface area (Å²) in [5.74, 6) is 0.702. The van der Waals surface area contributed by atoms with E-state index in [1.54, 1.807) is 0 Å². The Labute approximate surface area is 75.3 Å². The predicted molar refractivity (Wildman–Crippen MR) is 47.5 cm³/mol. The van der Waals surface area contributed by atoms with Crippen LogP contribution in [0.3, 0.4) is 0 Å². The Morgan fingerprint density at radius 3 is 2.42 bits per heavy atom. The molecule has 0 heterocycles. The highest BCUT2D eigenvalue weighted by atomic mass is 32.2. The van der Waals surface area contributed by atoms with E-state index in [4.69, 9.17) is 0 Å². The lowest BCUT2D eigenvalue weighted by molar-refractivity contribution is 0.257. The van der Waals surface area contributed by atoms with Crippen LogP contribution < -0.4 is 0 Å². The van der Waals surface area contributed by atoms with Crippen molar-refractivity contribution in [3.63, 3.8) is 0 Å². The van der Waals surface area contributed by atoms with Gasteiger partial charge in [-0.3, -0.25) is 4.18 Å². The fourth-order valence-corrected chi connectivity index (χ4v) is 2.02. The summed E-state index contributed by atoms with van der Waals surface area (Å²) >= 11 is 0. The summed E-state index contributed by atoms with van der Waals surface area (Å²) in [7, 11) is -2.63. The quantitative estimate of drug-likeness (QED) is 0.686. The average molecular weight is 192 g/mol. The molecule has 0 aromatic carbocycles. The zero-order valence-electron chi connectivity index (χ0n) is 7.20. The Morgan fingerprint density at radius 2 is 1.83 bits per heavy atom. The normalized spacial score (nSPS) is 20.1. The summed E-state index contributed by atoms with van der Waals surface area (Å²) < 4.78 is 24.6. The average Bonchev–Trinajstić information content (AvgIpc) is 2.05. The molecule has 0 bridgehead atoms. The van der Waals surface area contributed by atoms with Crippen LogP contribution in [0.2, 0.25) is 0 Å². The van der Waals surface area contributed by atoms with E-state index in [-0.39, 0.29) is 0 Å². The van der Waals surface area contributed by atoms with Gasteiger partial charge >= 0.3 is 0 Å². The minimum Gasteiger partial charge on any atom is -0.272 e. The minimum absolute atomic E-state index is 0.378. The SMILES string of the molecule is O=[SH](=O)OCCC1CCCCC1. The maximum absolute atomic E-state index is 10.1. The molecule has 1 aliphatic carbocycles. The molecule has 1 saturated carbocycles. The monoisotopic (exact) mass is 192 g/mol. The van der Waals surface area contributed by atoms with Crippen molar-refractivity contribution >= 4 is 11.0 Å². The maximum Gasteiger partial charge on any atom is 0.257 e. The molecule has 0 spiro atoms. The van der Waals surface area contributed by atoms with Gasteiger partial charge in [0.2, 0.25) is 0 Å². The van der Waals surface area contributed by atoms with Crippen molar-refractivity contribution in [1.29, 1.82) is 0 Å². The zero-order valence-corrected chi connectivity index (χ0v) is 8.09. The Morgan fingerprint density at radius 1 is 1.17 bits per heavy atom. The molecule has 0 unspecified atom stereocenters. The first-order chi connectivity index (χ1) is 5.79. The van der Waals surface area contributed by atoms with Crippen molar-refractivity contribution in [1.82, 2.24) is 0 Å². The predicted octanol–water partition coefficient (Wildman–Crippen LogP) is 1.50. The van der Waals surface area contributed by atoms with Gasteiger partial charge < -0.3 is 0 Å². The molecule has 12 heavy (non-hydrogen) atoms. The minimum atomic E-state index is -2.63. The zero-order chi connectivity index (χ0) is 8.81. The standard InChI is InChI=1S/C8H16O3S/c9-12(10)11-7-6-8-4-2-1-3-5-8/h8,12H,1-7H2. The smallest absolute Gasteiger partial charge is 0.257 e. The van der Waals surface area contributed by atoms with Crippen molar-refractivity contribution in [2.75, 3.05) is 6.61 Å². The van der Waals surface area contributed by atoms with E-state index >= 15 is 0 Å². The van der Waals surface area contributed by atoms with Crippen LogP contribution in [-0.2, 0) is 15.2 Å². The van der Waals surface area contributed by atoms with Gasteiger partial charge in [-0.2, -0.15) is 0 Å². The fourth-order valence-electron chi connectivity index (χ4n) is 1.77. The van der Waals surface area contributed by atoms with Gasteiger partial charge in [-0.1, -0.05) is 32.1 Å². The summed E-state index contributed by atoms with van der Waals surface area (Å²) in [6.07, 6.45) is 7.34. The third-order valence-corrected chi connectivity index (χ3v) is 2.84. The second-order valence-corrected chi connectivity index (χ2v) is 4.05.